The van der Waals surface area contributed by atoms with Crippen molar-refractivity contribution in [2.24, 2.45) is 0 Å². The van der Waals surface area contributed by atoms with E-state index in [2.05, 4.69) is 5.32 Å². The number of phenols is 1. The molecular weight excluding hydrogens is 325 g/mol. The van der Waals surface area contributed by atoms with Crippen LogP contribution in [0.25, 0.3) is 0 Å². The topological polar surface area (TPSA) is 75.6 Å². The average molecular weight is 338 g/mol. The molecule has 7 heteroatoms. The van der Waals surface area contributed by atoms with E-state index in [9.17, 15) is 19.1 Å². The molecule has 2 aromatic rings. The maximum Gasteiger partial charge on any atom is 0.342 e. The maximum atomic E-state index is 12.7. The predicted molar refractivity (Wildman–Crippen MR) is 81.6 cm³/mol. The number of nitrogens with one attached hydrogen (secondary N) is 1. The van der Waals surface area contributed by atoms with Crippen LogP contribution >= 0.6 is 11.6 Å². The first kappa shape index (κ1) is 16.8. The number of carbonyl (C=O) groups excluding carboxylic acids is 2. The second kappa shape index (κ2) is 7.60. The first-order valence-corrected chi connectivity index (χ1v) is 7.00. The summed E-state index contributed by atoms with van der Waals surface area (Å²) < 4.78 is 17.5. The van der Waals surface area contributed by atoms with Crippen molar-refractivity contribution in [2.45, 2.75) is 6.54 Å². The number of hydrogen-bond acceptors (Lipinski definition) is 4. The van der Waals surface area contributed by atoms with E-state index in [-0.39, 0.29) is 28.7 Å². The van der Waals surface area contributed by atoms with E-state index in [0.29, 0.717) is 5.56 Å². The molecule has 0 atom stereocenters. The first-order valence-electron chi connectivity index (χ1n) is 6.62. The normalized spacial score (nSPS) is 10.2. The van der Waals surface area contributed by atoms with Crippen LogP contribution in [-0.2, 0) is 16.1 Å². The van der Waals surface area contributed by atoms with Gasteiger partial charge in [-0.3, -0.25) is 4.79 Å². The Labute approximate surface area is 136 Å². The summed E-state index contributed by atoms with van der Waals surface area (Å²) in [6.45, 7) is -0.328. The number of hydrogen-bond donors (Lipinski definition) is 2. The van der Waals surface area contributed by atoms with E-state index < -0.39 is 18.5 Å². The lowest BCUT2D eigenvalue weighted by atomic mass is 10.2. The number of halogens is 2. The Balaban J connectivity index is 1.83. The number of aromatic hydroxyl groups is 1. The van der Waals surface area contributed by atoms with Gasteiger partial charge in [-0.1, -0.05) is 23.7 Å². The van der Waals surface area contributed by atoms with Crippen LogP contribution in [-0.4, -0.2) is 23.6 Å². The van der Waals surface area contributed by atoms with Gasteiger partial charge in [0, 0.05) is 11.6 Å². The average Bonchev–Trinajstić information content (AvgIpc) is 2.54. The summed E-state index contributed by atoms with van der Waals surface area (Å²) in [5, 5.41) is 12.3. The highest BCUT2D eigenvalue weighted by molar-refractivity contribution is 6.31. The van der Waals surface area contributed by atoms with Crippen LogP contribution in [0, 0.1) is 5.82 Å². The molecule has 120 valence electrons. The van der Waals surface area contributed by atoms with Crippen LogP contribution in [0.5, 0.6) is 5.75 Å². The number of esters is 1. The number of rotatable bonds is 5. The molecule has 0 aromatic heterocycles. The zero-order valence-corrected chi connectivity index (χ0v) is 12.6. The van der Waals surface area contributed by atoms with Crippen LogP contribution in [0.3, 0.4) is 0 Å². The highest BCUT2D eigenvalue weighted by Crippen LogP contribution is 2.22. The van der Waals surface area contributed by atoms with Gasteiger partial charge < -0.3 is 15.2 Å². The highest BCUT2D eigenvalue weighted by Gasteiger charge is 2.14. The largest absolute Gasteiger partial charge is 0.507 e. The standard InChI is InChI=1S/C16H13ClFNO4/c17-11-3-6-14(20)13(7-11)16(22)23-9-15(21)19-8-10-1-4-12(18)5-2-10/h1-7,20H,8-9H2,(H,19,21). The molecule has 0 spiro atoms. The van der Waals surface area contributed by atoms with Crippen molar-refractivity contribution in [1.82, 2.24) is 5.32 Å². The van der Waals surface area contributed by atoms with Gasteiger partial charge in [-0.15, -0.1) is 0 Å². The van der Waals surface area contributed by atoms with E-state index >= 15 is 0 Å². The van der Waals surface area contributed by atoms with Gasteiger partial charge in [0.05, 0.1) is 0 Å². The second-order valence-electron chi connectivity index (χ2n) is 4.64. The molecule has 0 radical (unpaired) electrons. The van der Waals surface area contributed by atoms with Crippen molar-refractivity contribution in [3.8, 4) is 5.75 Å². The minimum absolute atomic E-state index is 0.121. The van der Waals surface area contributed by atoms with E-state index in [4.69, 9.17) is 16.3 Å². The molecule has 0 fully saturated rings. The van der Waals surface area contributed by atoms with Gasteiger partial charge in [-0.25, -0.2) is 9.18 Å². The van der Waals surface area contributed by atoms with Crippen molar-refractivity contribution in [1.29, 1.82) is 0 Å². The zero-order chi connectivity index (χ0) is 16.8. The molecule has 1 amide bonds. The van der Waals surface area contributed by atoms with E-state index in [1.165, 1.54) is 42.5 Å². The molecule has 0 unspecified atom stereocenters. The minimum Gasteiger partial charge on any atom is -0.507 e. The van der Waals surface area contributed by atoms with Crippen LogP contribution < -0.4 is 5.32 Å². The lowest BCUT2D eigenvalue weighted by Gasteiger charge is -2.08. The van der Waals surface area contributed by atoms with Crippen LogP contribution in [0.15, 0.2) is 42.5 Å². The van der Waals surface area contributed by atoms with Gasteiger partial charge in [0.2, 0.25) is 0 Å². The number of phenolic OH excluding ortho intramolecular Hbond substituents is 1. The molecular formula is C16H13ClFNO4. The second-order valence-corrected chi connectivity index (χ2v) is 5.08. The molecule has 5 nitrogen and oxygen atoms in total. The third-order valence-electron chi connectivity index (χ3n) is 2.92. The Hall–Kier alpha value is -2.60. The fraction of sp³-hybridized carbons (Fsp3) is 0.125. The summed E-state index contributed by atoms with van der Waals surface area (Å²) in [5.41, 5.74) is 0.586. The number of benzene rings is 2. The fourth-order valence-electron chi connectivity index (χ4n) is 1.73. The molecule has 0 aliphatic carbocycles. The minimum atomic E-state index is -0.859. The number of ether oxygens (including phenoxy) is 1. The van der Waals surface area contributed by atoms with Gasteiger partial charge in [0.15, 0.2) is 6.61 Å². The van der Waals surface area contributed by atoms with Crippen LogP contribution in [0.4, 0.5) is 4.39 Å². The predicted octanol–water partition coefficient (Wildman–Crippen LogP) is 2.66. The molecule has 0 heterocycles. The lowest BCUT2D eigenvalue weighted by molar-refractivity contribution is -0.124. The molecule has 0 aliphatic heterocycles. The molecule has 0 saturated heterocycles. The third kappa shape index (κ3) is 4.96. The molecule has 2 aromatic carbocycles. The summed E-state index contributed by atoms with van der Waals surface area (Å²) in [6, 6.07) is 9.55. The van der Waals surface area contributed by atoms with Gasteiger partial charge >= 0.3 is 5.97 Å². The molecule has 23 heavy (non-hydrogen) atoms. The van der Waals surface area contributed by atoms with E-state index in [0.717, 1.165) is 0 Å². The van der Waals surface area contributed by atoms with Crippen molar-refractivity contribution in [3.05, 3.63) is 64.4 Å². The summed E-state index contributed by atoms with van der Waals surface area (Å²) in [7, 11) is 0. The Morgan fingerprint density at radius 1 is 1.17 bits per heavy atom. The SMILES string of the molecule is O=C(COC(=O)c1cc(Cl)ccc1O)NCc1ccc(F)cc1. The Morgan fingerprint density at radius 3 is 2.57 bits per heavy atom. The molecule has 0 aliphatic rings. The first-order chi connectivity index (χ1) is 11.0. The highest BCUT2D eigenvalue weighted by atomic mass is 35.5. The zero-order valence-electron chi connectivity index (χ0n) is 11.9. The van der Waals surface area contributed by atoms with Crippen LogP contribution in [0.2, 0.25) is 5.02 Å². The van der Waals surface area contributed by atoms with E-state index in [1.807, 2.05) is 0 Å². The van der Waals surface area contributed by atoms with Gasteiger partial charge in [-0.2, -0.15) is 0 Å². The van der Waals surface area contributed by atoms with Crippen LogP contribution in [0.1, 0.15) is 15.9 Å². The van der Waals surface area contributed by atoms with Gasteiger partial charge in [0.25, 0.3) is 5.91 Å². The summed E-state index contributed by atoms with van der Waals surface area (Å²) in [6.07, 6.45) is 0. The van der Waals surface area contributed by atoms with Gasteiger partial charge in [-0.05, 0) is 35.9 Å². The Kier molecular flexibility index (Phi) is 5.54. The quantitative estimate of drug-likeness (QED) is 0.822. The van der Waals surface area contributed by atoms with E-state index in [1.54, 1.807) is 0 Å². The number of carbonyl (C=O) groups is 2. The maximum absolute atomic E-state index is 12.7. The summed E-state index contributed by atoms with van der Waals surface area (Å²) in [5.74, 6) is -2.03. The van der Waals surface area contributed by atoms with Gasteiger partial charge in [0.1, 0.15) is 17.1 Å². The van der Waals surface area contributed by atoms with Crippen molar-refractivity contribution < 1.29 is 23.8 Å². The summed E-state index contributed by atoms with van der Waals surface area (Å²) in [4.78, 5) is 23.4. The Bertz CT molecular complexity index is 719. The lowest BCUT2D eigenvalue weighted by Crippen LogP contribution is -2.28. The molecule has 0 saturated carbocycles. The number of amides is 1. The smallest absolute Gasteiger partial charge is 0.342 e. The molecule has 2 N–H and O–H groups in total. The van der Waals surface area contributed by atoms with Crippen molar-refractivity contribution >= 4 is 23.5 Å². The van der Waals surface area contributed by atoms with Crippen molar-refractivity contribution in [2.75, 3.05) is 6.61 Å². The molecule has 2 rings (SSSR count). The summed E-state index contributed by atoms with van der Waals surface area (Å²) >= 11 is 5.73. The third-order valence-corrected chi connectivity index (χ3v) is 3.15. The van der Waals surface area contributed by atoms with Crippen molar-refractivity contribution in [3.63, 3.8) is 0 Å². The monoisotopic (exact) mass is 337 g/mol. The Morgan fingerprint density at radius 2 is 1.87 bits per heavy atom. The molecule has 0 bridgehead atoms. The fourth-order valence-corrected chi connectivity index (χ4v) is 1.91.